The molecule has 0 spiro atoms. The Labute approximate surface area is 166 Å². The second-order valence-corrected chi connectivity index (χ2v) is 10.4. The number of nitrogens with one attached hydrogen (secondary N) is 1. The number of sulfonamides is 1. The normalized spacial score (nSPS) is 19.2. The van der Waals surface area contributed by atoms with Gasteiger partial charge in [-0.15, -0.1) is 11.3 Å². The van der Waals surface area contributed by atoms with E-state index >= 15 is 0 Å². The third kappa shape index (κ3) is 4.06. The minimum Gasteiger partial charge on any atom is -0.374 e. The number of anilines is 1. The van der Waals surface area contributed by atoms with Gasteiger partial charge in [-0.05, 0) is 67.4 Å². The zero-order chi connectivity index (χ0) is 18.9. The molecule has 0 unspecified atom stereocenters. The van der Waals surface area contributed by atoms with Crippen LogP contribution in [0.4, 0.5) is 5.69 Å². The van der Waals surface area contributed by atoms with Gasteiger partial charge in [0.05, 0.1) is 0 Å². The number of fused-ring (bicyclic) bond motifs is 1. The average molecular weight is 406 g/mol. The molecule has 27 heavy (non-hydrogen) atoms. The molecule has 2 aromatic rings. The van der Waals surface area contributed by atoms with Gasteiger partial charge in [-0.25, -0.2) is 13.1 Å². The highest BCUT2D eigenvalue weighted by molar-refractivity contribution is 7.91. The number of thiophene rings is 1. The molecule has 5 nitrogen and oxygen atoms in total. The Morgan fingerprint density at radius 2 is 1.96 bits per heavy atom. The van der Waals surface area contributed by atoms with E-state index in [1.165, 1.54) is 47.4 Å². The highest BCUT2D eigenvalue weighted by atomic mass is 32.2. The van der Waals surface area contributed by atoms with Crippen molar-refractivity contribution in [3.05, 3.63) is 46.8 Å². The van der Waals surface area contributed by atoms with Crippen molar-refractivity contribution in [1.29, 1.82) is 0 Å². The molecule has 0 saturated carbocycles. The van der Waals surface area contributed by atoms with Crippen molar-refractivity contribution in [2.75, 3.05) is 38.1 Å². The van der Waals surface area contributed by atoms with E-state index in [2.05, 4.69) is 39.8 Å². The molecule has 2 aliphatic rings. The Morgan fingerprint density at radius 3 is 2.70 bits per heavy atom. The average Bonchev–Trinajstić information content (AvgIpc) is 3.36. The van der Waals surface area contributed by atoms with Crippen molar-refractivity contribution in [3.8, 4) is 0 Å². The third-order valence-corrected chi connectivity index (χ3v) is 8.47. The number of hydrogen-bond donors (Lipinski definition) is 1. The summed E-state index contributed by atoms with van der Waals surface area (Å²) in [6.07, 6.45) is 4.64. The largest absolute Gasteiger partial charge is 0.374 e. The fourth-order valence-electron chi connectivity index (χ4n) is 4.20. The van der Waals surface area contributed by atoms with Crippen molar-refractivity contribution < 1.29 is 8.42 Å². The molecule has 1 aromatic heterocycles. The van der Waals surface area contributed by atoms with E-state index in [9.17, 15) is 8.42 Å². The van der Waals surface area contributed by atoms with Crippen LogP contribution in [-0.2, 0) is 16.4 Å². The summed E-state index contributed by atoms with van der Waals surface area (Å²) in [4.78, 5) is 4.73. The maximum Gasteiger partial charge on any atom is 0.250 e. The molecule has 1 atom stereocenters. The van der Waals surface area contributed by atoms with E-state index in [1.807, 2.05) is 0 Å². The quantitative estimate of drug-likeness (QED) is 0.802. The van der Waals surface area contributed by atoms with E-state index < -0.39 is 10.0 Å². The van der Waals surface area contributed by atoms with Gasteiger partial charge in [0.15, 0.2) is 0 Å². The Balaban J connectivity index is 1.58. The Kier molecular flexibility index (Phi) is 5.55. The van der Waals surface area contributed by atoms with Crippen LogP contribution in [0.1, 0.15) is 36.4 Å². The lowest BCUT2D eigenvalue weighted by Crippen LogP contribution is -2.36. The summed E-state index contributed by atoms with van der Waals surface area (Å²) in [5.41, 5.74) is 3.91. The summed E-state index contributed by atoms with van der Waals surface area (Å²) < 4.78 is 28.4. The summed E-state index contributed by atoms with van der Waals surface area (Å²) in [6, 6.07) is 10.2. The summed E-state index contributed by atoms with van der Waals surface area (Å²) in [5, 5.41) is 1.80. The van der Waals surface area contributed by atoms with Gasteiger partial charge >= 0.3 is 0 Å². The summed E-state index contributed by atoms with van der Waals surface area (Å²) in [5.74, 6) is 0. The first-order chi connectivity index (χ1) is 13.0. The lowest BCUT2D eigenvalue weighted by atomic mass is 9.96. The van der Waals surface area contributed by atoms with Gasteiger partial charge in [0, 0.05) is 31.9 Å². The van der Waals surface area contributed by atoms with Crippen molar-refractivity contribution >= 4 is 27.0 Å². The zero-order valence-corrected chi connectivity index (χ0v) is 17.4. The molecular weight excluding hydrogens is 378 g/mol. The topological polar surface area (TPSA) is 52.7 Å². The number of nitrogens with zero attached hydrogens (tertiary/aromatic N) is 2. The molecule has 0 bridgehead atoms. The van der Waals surface area contributed by atoms with Gasteiger partial charge < -0.3 is 4.90 Å². The number of hydrogen-bond acceptors (Lipinski definition) is 5. The molecule has 0 radical (unpaired) electrons. The predicted octanol–water partition coefficient (Wildman–Crippen LogP) is 3.25. The maximum atomic E-state index is 12.6. The van der Waals surface area contributed by atoms with Crippen LogP contribution < -0.4 is 9.62 Å². The van der Waals surface area contributed by atoms with Gasteiger partial charge in [0.2, 0.25) is 10.0 Å². The van der Waals surface area contributed by atoms with Gasteiger partial charge in [-0.2, -0.15) is 0 Å². The molecule has 2 aliphatic heterocycles. The van der Waals surface area contributed by atoms with E-state index in [0.29, 0.717) is 10.8 Å². The first-order valence-corrected chi connectivity index (χ1v) is 12.0. The predicted molar refractivity (Wildman–Crippen MR) is 111 cm³/mol. The van der Waals surface area contributed by atoms with Crippen LogP contribution in [-0.4, -0.2) is 46.5 Å². The minimum atomic E-state index is -3.44. The lowest BCUT2D eigenvalue weighted by Gasteiger charge is -2.31. The third-order valence-electron chi connectivity index (χ3n) is 5.65. The fourth-order valence-corrected chi connectivity index (χ4v) is 6.28. The lowest BCUT2D eigenvalue weighted by molar-refractivity contribution is 0.246. The van der Waals surface area contributed by atoms with Crippen molar-refractivity contribution in [3.63, 3.8) is 0 Å². The van der Waals surface area contributed by atoms with Crippen molar-refractivity contribution in [2.45, 2.75) is 35.9 Å². The van der Waals surface area contributed by atoms with Crippen LogP contribution in [0.15, 0.2) is 39.9 Å². The number of aryl methyl sites for hydroxylation is 1. The van der Waals surface area contributed by atoms with Crippen LogP contribution in [0.2, 0.25) is 0 Å². The molecule has 146 valence electrons. The minimum absolute atomic E-state index is 0.0831. The van der Waals surface area contributed by atoms with Gasteiger partial charge in [-0.3, -0.25) is 4.90 Å². The molecule has 0 aliphatic carbocycles. The van der Waals surface area contributed by atoms with Gasteiger partial charge in [0.1, 0.15) is 4.21 Å². The Bertz CT molecular complexity index is 875. The monoisotopic (exact) mass is 405 g/mol. The van der Waals surface area contributed by atoms with Gasteiger partial charge in [-0.1, -0.05) is 18.2 Å². The molecule has 1 N–H and O–H groups in total. The molecule has 1 fully saturated rings. The fraction of sp³-hybridized carbons (Fsp3) is 0.500. The molecule has 7 heteroatoms. The standard InChI is InChI=1S/C20H27N3O2S2/c1-22-10-4-6-16-14-17(8-9-18(16)22)19(23-11-2-3-12-23)15-21-27(24,25)20-7-5-13-26-20/h5,7-9,13-14,19,21H,2-4,6,10-12,15H2,1H3/t19-/m1/s1. The highest BCUT2D eigenvalue weighted by Crippen LogP contribution is 2.32. The van der Waals surface area contributed by atoms with Crippen LogP contribution in [0.25, 0.3) is 0 Å². The number of benzene rings is 1. The van der Waals surface area contributed by atoms with Crippen molar-refractivity contribution in [2.24, 2.45) is 0 Å². The smallest absolute Gasteiger partial charge is 0.250 e. The SMILES string of the molecule is CN1CCCc2cc([C@@H](CNS(=O)(=O)c3cccs3)N3CCCC3)ccc21. The summed E-state index contributed by atoms with van der Waals surface area (Å²) in [7, 11) is -1.30. The number of rotatable bonds is 6. The highest BCUT2D eigenvalue weighted by Gasteiger charge is 2.27. The molecule has 1 aromatic carbocycles. The Hall–Kier alpha value is -1.41. The first kappa shape index (κ1) is 18.9. The van der Waals surface area contributed by atoms with E-state index in [4.69, 9.17) is 0 Å². The summed E-state index contributed by atoms with van der Waals surface area (Å²) in [6.45, 7) is 3.57. The second-order valence-electron chi connectivity index (χ2n) is 7.46. The van der Waals surface area contributed by atoms with Gasteiger partial charge in [0.25, 0.3) is 0 Å². The second kappa shape index (κ2) is 7.91. The molecule has 1 saturated heterocycles. The first-order valence-electron chi connectivity index (χ1n) is 9.66. The van der Waals surface area contributed by atoms with Crippen LogP contribution in [0.5, 0.6) is 0 Å². The van der Waals surface area contributed by atoms with Crippen molar-refractivity contribution in [1.82, 2.24) is 9.62 Å². The molecular formula is C20H27N3O2S2. The summed E-state index contributed by atoms with van der Waals surface area (Å²) >= 11 is 1.26. The zero-order valence-electron chi connectivity index (χ0n) is 15.7. The van der Waals surface area contributed by atoms with E-state index in [0.717, 1.165) is 26.1 Å². The maximum absolute atomic E-state index is 12.6. The van der Waals surface area contributed by atoms with Crippen LogP contribution in [0.3, 0.4) is 0 Å². The van der Waals surface area contributed by atoms with Crippen LogP contribution >= 0.6 is 11.3 Å². The van der Waals surface area contributed by atoms with E-state index in [-0.39, 0.29) is 6.04 Å². The molecule has 4 rings (SSSR count). The molecule has 3 heterocycles. The Morgan fingerprint density at radius 1 is 1.15 bits per heavy atom. The van der Waals surface area contributed by atoms with E-state index in [1.54, 1.807) is 17.5 Å². The number of likely N-dealkylation sites (tertiary alicyclic amines) is 1. The molecule has 0 amide bonds. The van der Waals surface area contributed by atoms with Crippen LogP contribution in [0, 0.1) is 0 Å².